The van der Waals surface area contributed by atoms with Gasteiger partial charge in [-0.2, -0.15) is 4.31 Å². The fourth-order valence-electron chi connectivity index (χ4n) is 2.89. The van der Waals surface area contributed by atoms with Crippen LogP contribution in [0.4, 0.5) is 0 Å². The van der Waals surface area contributed by atoms with Gasteiger partial charge in [0.1, 0.15) is 4.90 Å². The van der Waals surface area contributed by atoms with E-state index in [1.165, 1.54) is 22.5 Å². The topological polar surface area (TPSA) is 74.7 Å². The molecule has 31 heavy (non-hydrogen) atoms. The number of carboxylic acids is 1. The van der Waals surface area contributed by atoms with Gasteiger partial charge in [0.05, 0.1) is 20.6 Å². The Hall–Kier alpha value is -1.61. The molecule has 0 aliphatic carbocycles. The van der Waals surface area contributed by atoms with Gasteiger partial charge in [0.25, 0.3) is 0 Å². The van der Waals surface area contributed by atoms with Crippen LogP contribution in [-0.2, 0) is 23.1 Å². The van der Waals surface area contributed by atoms with Gasteiger partial charge in [-0.25, -0.2) is 13.2 Å². The molecule has 0 aliphatic rings. The summed E-state index contributed by atoms with van der Waals surface area (Å²) in [5.41, 5.74) is 1.30. The third-order valence-electron chi connectivity index (χ3n) is 4.42. The molecule has 0 aromatic heterocycles. The van der Waals surface area contributed by atoms with E-state index in [0.29, 0.717) is 25.6 Å². The van der Waals surface area contributed by atoms with Gasteiger partial charge in [-0.1, -0.05) is 59.1 Å². The van der Waals surface area contributed by atoms with Crippen molar-refractivity contribution in [3.63, 3.8) is 0 Å². The first kappa shape index (κ1) is 24.0. The molecule has 10 heteroatoms. The minimum Gasteiger partial charge on any atom is -0.478 e. The molecule has 3 aromatic carbocycles. The molecule has 162 valence electrons. The van der Waals surface area contributed by atoms with E-state index in [1.54, 1.807) is 42.5 Å². The predicted octanol–water partition coefficient (Wildman–Crippen LogP) is 6.50. The summed E-state index contributed by atoms with van der Waals surface area (Å²) in [4.78, 5) is 11.2. The van der Waals surface area contributed by atoms with Crippen molar-refractivity contribution in [1.29, 1.82) is 0 Å². The van der Waals surface area contributed by atoms with Crippen molar-refractivity contribution in [3.05, 3.63) is 96.9 Å². The Labute approximate surface area is 203 Å². The lowest BCUT2D eigenvalue weighted by molar-refractivity contribution is 0.0696. The predicted molar refractivity (Wildman–Crippen MR) is 125 cm³/mol. The summed E-state index contributed by atoms with van der Waals surface area (Å²) in [6, 6.07) is 15.6. The Kier molecular flexibility index (Phi) is 7.68. The molecule has 0 saturated heterocycles. The highest BCUT2D eigenvalue weighted by Crippen LogP contribution is 2.29. The van der Waals surface area contributed by atoms with Crippen LogP contribution in [0.3, 0.4) is 0 Å². The summed E-state index contributed by atoms with van der Waals surface area (Å²) in [6.07, 6.45) is 0. The van der Waals surface area contributed by atoms with Crippen LogP contribution in [0.5, 0.6) is 0 Å². The van der Waals surface area contributed by atoms with Gasteiger partial charge >= 0.3 is 5.97 Å². The molecule has 0 unspecified atom stereocenters. The van der Waals surface area contributed by atoms with Gasteiger partial charge in [-0.05, 0) is 63.5 Å². The zero-order valence-corrected chi connectivity index (χ0v) is 20.4. The summed E-state index contributed by atoms with van der Waals surface area (Å²) in [6.45, 7) is -0.0188. The third-order valence-corrected chi connectivity index (χ3v) is 8.11. The molecule has 0 fully saturated rings. The molecule has 0 radical (unpaired) electrons. The number of carbonyl (C=O) groups is 1. The summed E-state index contributed by atoms with van der Waals surface area (Å²) in [5, 5.41) is 9.99. The Morgan fingerprint density at radius 3 is 2.06 bits per heavy atom. The van der Waals surface area contributed by atoms with Crippen LogP contribution < -0.4 is 0 Å². The smallest absolute Gasteiger partial charge is 0.336 e. The number of hydrogen-bond donors (Lipinski definition) is 1. The second-order valence-electron chi connectivity index (χ2n) is 6.57. The molecule has 0 bridgehead atoms. The molecule has 0 saturated carbocycles. The summed E-state index contributed by atoms with van der Waals surface area (Å²) < 4.78 is 28.5. The van der Waals surface area contributed by atoms with Crippen molar-refractivity contribution >= 4 is 66.7 Å². The molecule has 3 aromatic rings. The first-order valence-electron chi connectivity index (χ1n) is 8.80. The van der Waals surface area contributed by atoms with E-state index < -0.39 is 16.0 Å². The highest BCUT2D eigenvalue weighted by atomic mass is 79.9. The van der Waals surface area contributed by atoms with E-state index in [2.05, 4.69) is 15.9 Å². The van der Waals surface area contributed by atoms with Crippen LogP contribution in [0, 0.1) is 0 Å². The van der Waals surface area contributed by atoms with Gasteiger partial charge < -0.3 is 5.11 Å². The average molecular weight is 564 g/mol. The zero-order chi connectivity index (χ0) is 22.8. The van der Waals surface area contributed by atoms with Crippen molar-refractivity contribution in [2.24, 2.45) is 0 Å². The average Bonchev–Trinajstić information content (AvgIpc) is 2.70. The maximum Gasteiger partial charge on any atom is 0.336 e. The molecule has 3 rings (SSSR count). The second kappa shape index (κ2) is 9.90. The van der Waals surface area contributed by atoms with E-state index in [9.17, 15) is 18.3 Å². The van der Waals surface area contributed by atoms with Crippen molar-refractivity contribution in [2.45, 2.75) is 18.0 Å². The number of sulfonamides is 1. The van der Waals surface area contributed by atoms with Gasteiger partial charge in [0.2, 0.25) is 10.0 Å². The van der Waals surface area contributed by atoms with Gasteiger partial charge in [-0.15, -0.1) is 0 Å². The van der Waals surface area contributed by atoms with Gasteiger partial charge in [0, 0.05) is 17.6 Å². The Morgan fingerprint density at radius 2 is 1.48 bits per heavy atom. The van der Waals surface area contributed by atoms with Crippen molar-refractivity contribution < 1.29 is 18.3 Å². The van der Waals surface area contributed by atoms with Crippen molar-refractivity contribution in [3.8, 4) is 0 Å². The fraction of sp³-hybridized carbons (Fsp3) is 0.0952. The highest BCUT2D eigenvalue weighted by molar-refractivity contribution is 9.10. The molecular weight excluding hydrogens is 549 g/mol. The number of rotatable bonds is 7. The number of nitrogens with zero attached hydrogens (tertiary/aromatic N) is 1. The van der Waals surface area contributed by atoms with E-state index in [4.69, 9.17) is 34.8 Å². The van der Waals surface area contributed by atoms with Crippen LogP contribution in [-0.4, -0.2) is 23.8 Å². The number of aromatic carboxylic acids is 1. The van der Waals surface area contributed by atoms with E-state index >= 15 is 0 Å². The molecule has 0 heterocycles. The van der Waals surface area contributed by atoms with E-state index in [-0.39, 0.29) is 28.6 Å². The van der Waals surface area contributed by atoms with Crippen LogP contribution in [0.2, 0.25) is 15.1 Å². The Morgan fingerprint density at radius 1 is 0.871 bits per heavy atom. The van der Waals surface area contributed by atoms with Crippen molar-refractivity contribution in [1.82, 2.24) is 4.31 Å². The number of halogens is 4. The minimum atomic E-state index is -4.00. The lowest BCUT2D eigenvalue weighted by atomic mass is 10.1. The number of carboxylic acid groups (broad SMARTS) is 1. The quantitative estimate of drug-likeness (QED) is 0.356. The van der Waals surface area contributed by atoms with Crippen LogP contribution in [0.1, 0.15) is 21.5 Å². The molecule has 0 aliphatic heterocycles. The SMILES string of the molecule is O=C(O)c1ccc(CN(Cc2ccc(Cl)c(Cl)c2)S(=O)(=O)c2ccccc2Cl)cc1Br. The standard InChI is InChI=1S/C21H15BrCl3NO4S/c22-16-9-13(5-7-15(16)21(27)28)11-26(12-14-6-8-17(23)19(25)10-14)31(29,30)20-4-2-1-3-18(20)24/h1-10H,11-12H2,(H,27,28). The van der Waals surface area contributed by atoms with Crippen molar-refractivity contribution in [2.75, 3.05) is 0 Å². The summed E-state index contributed by atoms with van der Waals surface area (Å²) in [5.74, 6) is -1.09. The largest absolute Gasteiger partial charge is 0.478 e. The van der Waals surface area contributed by atoms with Crippen LogP contribution >= 0.6 is 50.7 Å². The van der Waals surface area contributed by atoms with E-state index in [1.807, 2.05) is 0 Å². The van der Waals surface area contributed by atoms with Crippen LogP contribution in [0.15, 0.2) is 70.0 Å². The fourth-order valence-corrected chi connectivity index (χ4v) is 5.72. The summed E-state index contributed by atoms with van der Waals surface area (Å²) in [7, 11) is -4.00. The Balaban J connectivity index is 2.03. The maximum atomic E-state index is 13.5. The normalized spacial score (nSPS) is 11.6. The monoisotopic (exact) mass is 561 g/mol. The molecule has 5 nitrogen and oxygen atoms in total. The lowest BCUT2D eigenvalue weighted by Crippen LogP contribution is -2.30. The maximum absolute atomic E-state index is 13.5. The van der Waals surface area contributed by atoms with E-state index in [0.717, 1.165) is 0 Å². The number of benzene rings is 3. The molecule has 0 atom stereocenters. The van der Waals surface area contributed by atoms with Gasteiger partial charge in [-0.3, -0.25) is 0 Å². The first-order chi connectivity index (χ1) is 14.6. The molecule has 0 spiro atoms. The lowest BCUT2D eigenvalue weighted by Gasteiger charge is -2.23. The first-order valence-corrected chi connectivity index (χ1v) is 12.2. The van der Waals surface area contributed by atoms with Gasteiger partial charge in [0.15, 0.2) is 0 Å². The molecule has 0 amide bonds. The van der Waals surface area contributed by atoms with Crippen LogP contribution in [0.25, 0.3) is 0 Å². The molecular formula is C21H15BrCl3NO4S. The zero-order valence-electron chi connectivity index (χ0n) is 15.7. The third kappa shape index (κ3) is 5.61. The number of hydrogen-bond acceptors (Lipinski definition) is 3. The second-order valence-corrected chi connectivity index (χ2v) is 10.6. The highest BCUT2D eigenvalue weighted by Gasteiger charge is 2.27. The minimum absolute atomic E-state index is 0.00272. The molecule has 1 N–H and O–H groups in total. The Bertz CT molecular complexity index is 1250. The summed E-state index contributed by atoms with van der Waals surface area (Å²) >= 11 is 21.5.